The minimum atomic E-state index is -1.45. The molecular formula is C17H17F2N3O3. The van der Waals surface area contributed by atoms with Gasteiger partial charge >= 0.3 is 5.97 Å². The van der Waals surface area contributed by atoms with Crippen LogP contribution in [0.15, 0.2) is 17.1 Å². The largest absolute Gasteiger partial charge is 0.477 e. The van der Waals surface area contributed by atoms with E-state index in [2.05, 4.69) is 4.98 Å². The Morgan fingerprint density at radius 1 is 1.40 bits per heavy atom. The quantitative estimate of drug-likeness (QED) is 0.766. The summed E-state index contributed by atoms with van der Waals surface area (Å²) in [6, 6.07) is 0.962. The maximum Gasteiger partial charge on any atom is 0.341 e. The SMILES string of the molecule is N[C@H]1C[C@H]2CCN(c3c(F)cc4c(=O)c(C(=O)O)c[nH]c4c3F)C[C@H]21. The van der Waals surface area contributed by atoms with Crippen molar-refractivity contribution in [2.24, 2.45) is 17.6 Å². The number of nitrogens with zero attached hydrogens (tertiary/aromatic N) is 1. The van der Waals surface area contributed by atoms with Gasteiger partial charge in [0.2, 0.25) is 5.43 Å². The number of pyridine rings is 1. The fourth-order valence-electron chi connectivity index (χ4n) is 4.07. The van der Waals surface area contributed by atoms with Gasteiger partial charge in [0.05, 0.1) is 10.9 Å². The Morgan fingerprint density at radius 3 is 2.84 bits per heavy atom. The molecule has 8 heteroatoms. The van der Waals surface area contributed by atoms with Gasteiger partial charge in [-0.2, -0.15) is 0 Å². The number of nitrogens with two attached hydrogens (primary N) is 1. The summed E-state index contributed by atoms with van der Waals surface area (Å²) in [7, 11) is 0. The molecule has 3 atom stereocenters. The van der Waals surface area contributed by atoms with Crippen LogP contribution in [0.2, 0.25) is 0 Å². The Hall–Kier alpha value is -2.48. The van der Waals surface area contributed by atoms with E-state index in [1.807, 2.05) is 0 Å². The number of aromatic amines is 1. The number of rotatable bonds is 2. The molecule has 4 rings (SSSR count). The Kier molecular flexibility index (Phi) is 3.54. The standard InChI is InChI=1S/C17H17F2N3O3/c18-11-4-8-14(21-5-9(16(8)23)17(24)25)13(19)15(11)22-2-1-7-3-12(20)10(7)6-22/h4-5,7,10,12H,1-3,6,20H2,(H,21,23)(H,24,25)/t7-,10-,12+/m1/s1. The lowest BCUT2D eigenvalue weighted by Crippen LogP contribution is -2.57. The third-order valence-corrected chi connectivity index (χ3v) is 5.52. The molecule has 0 spiro atoms. The van der Waals surface area contributed by atoms with Crippen LogP contribution in [-0.2, 0) is 0 Å². The molecule has 2 aliphatic rings. The molecule has 2 heterocycles. The molecule has 1 saturated heterocycles. The van der Waals surface area contributed by atoms with Crippen LogP contribution < -0.4 is 16.1 Å². The van der Waals surface area contributed by atoms with Crippen molar-refractivity contribution in [1.29, 1.82) is 0 Å². The first-order valence-electron chi connectivity index (χ1n) is 8.15. The summed E-state index contributed by atoms with van der Waals surface area (Å²) in [6.07, 6.45) is 2.71. The van der Waals surface area contributed by atoms with Crippen LogP contribution in [0.1, 0.15) is 23.2 Å². The molecule has 0 amide bonds. The molecule has 0 bridgehead atoms. The number of hydrogen-bond acceptors (Lipinski definition) is 4. The molecule has 1 saturated carbocycles. The van der Waals surface area contributed by atoms with Crippen LogP contribution in [0.4, 0.5) is 14.5 Å². The van der Waals surface area contributed by atoms with E-state index in [1.54, 1.807) is 4.90 Å². The van der Waals surface area contributed by atoms with Crippen molar-refractivity contribution in [2.75, 3.05) is 18.0 Å². The summed E-state index contributed by atoms with van der Waals surface area (Å²) in [5.74, 6) is -2.47. The minimum Gasteiger partial charge on any atom is -0.477 e. The summed E-state index contributed by atoms with van der Waals surface area (Å²) in [5.41, 5.74) is 4.14. The van der Waals surface area contributed by atoms with E-state index in [-0.39, 0.29) is 28.6 Å². The van der Waals surface area contributed by atoms with E-state index >= 15 is 0 Å². The summed E-state index contributed by atoms with van der Waals surface area (Å²) in [4.78, 5) is 27.3. The predicted molar refractivity (Wildman–Crippen MR) is 87.8 cm³/mol. The molecule has 1 aliphatic carbocycles. The number of halogens is 2. The maximum absolute atomic E-state index is 14.9. The second kappa shape index (κ2) is 5.52. The fourth-order valence-corrected chi connectivity index (χ4v) is 4.07. The third kappa shape index (κ3) is 2.31. The zero-order valence-electron chi connectivity index (χ0n) is 13.3. The van der Waals surface area contributed by atoms with Gasteiger partial charge in [0.1, 0.15) is 17.1 Å². The van der Waals surface area contributed by atoms with Crippen LogP contribution in [0.3, 0.4) is 0 Å². The molecule has 1 aliphatic heterocycles. The van der Waals surface area contributed by atoms with Crippen LogP contribution >= 0.6 is 0 Å². The first-order chi connectivity index (χ1) is 11.9. The average molecular weight is 349 g/mol. The Labute approximate surface area is 141 Å². The molecule has 0 unspecified atom stereocenters. The van der Waals surface area contributed by atoms with Gasteiger partial charge in [0.15, 0.2) is 5.82 Å². The number of aromatic nitrogens is 1. The number of nitrogens with one attached hydrogen (secondary N) is 1. The highest BCUT2D eigenvalue weighted by Gasteiger charge is 2.43. The maximum atomic E-state index is 14.9. The van der Waals surface area contributed by atoms with Crippen LogP contribution in [-0.4, -0.2) is 35.2 Å². The Bertz CT molecular complexity index is 943. The molecule has 2 fully saturated rings. The smallest absolute Gasteiger partial charge is 0.341 e. The average Bonchev–Trinajstić information content (AvgIpc) is 2.55. The summed E-state index contributed by atoms with van der Waals surface area (Å²) >= 11 is 0. The number of carboxylic acids is 1. The lowest BCUT2D eigenvalue weighted by molar-refractivity contribution is 0.0695. The van der Waals surface area contributed by atoms with Gasteiger partial charge in [-0.3, -0.25) is 4.79 Å². The van der Waals surface area contributed by atoms with Gasteiger partial charge in [0, 0.05) is 25.3 Å². The first-order valence-corrected chi connectivity index (χ1v) is 8.15. The lowest BCUT2D eigenvalue weighted by atomic mass is 9.66. The zero-order valence-corrected chi connectivity index (χ0v) is 13.3. The number of benzene rings is 1. The number of aromatic carboxylic acids is 1. The lowest BCUT2D eigenvalue weighted by Gasteiger charge is -2.50. The van der Waals surface area contributed by atoms with Gasteiger partial charge in [0.25, 0.3) is 0 Å². The number of H-pyrrole nitrogens is 1. The van der Waals surface area contributed by atoms with E-state index < -0.39 is 28.6 Å². The van der Waals surface area contributed by atoms with Gasteiger partial charge in [-0.25, -0.2) is 13.6 Å². The van der Waals surface area contributed by atoms with Crippen molar-refractivity contribution >= 4 is 22.6 Å². The van der Waals surface area contributed by atoms with Crippen molar-refractivity contribution in [2.45, 2.75) is 18.9 Å². The molecular weight excluding hydrogens is 332 g/mol. The Balaban J connectivity index is 1.82. The summed E-state index contributed by atoms with van der Waals surface area (Å²) in [5, 5.41) is 8.67. The number of carboxylic acid groups (broad SMARTS) is 1. The number of carbonyl (C=O) groups is 1. The molecule has 4 N–H and O–H groups in total. The first kappa shape index (κ1) is 16.0. The van der Waals surface area contributed by atoms with Gasteiger partial charge in [-0.1, -0.05) is 0 Å². The molecule has 2 aromatic rings. The number of anilines is 1. The molecule has 6 nitrogen and oxygen atoms in total. The fraction of sp³-hybridized carbons (Fsp3) is 0.412. The number of piperidine rings is 1. The second-order valence-corrected chi connectivity index (χ2v) is 6.84. The van der Waals surface area contributed by atoms with Gasteiger partial charge < -0.3 is 20.7 Å². The van der Waals surface area contributed by atoms with E-state index in [0.717, 1.165) is 25.1 Å². The van der Waals surface area contributed by atoms with Gasteiger partial charge in [-0.15, -0.1) is 0 Å². The molecule has 25 heavy (non-hydrogen) atoms. The van der Waals surface area contributed by atoms with Crippen molar-refractivity contribution in [3.63, 3.8) is 0 Å². The predicted octanol–water partition coefficient (Wildman–Crippen LogP) is 1.68. The topological polar surface area (TPSA) is 99.4 Å². The zero-order chi connectivity index (χ0) is 17.9. The van der Waals surface area contributed by atoms with Crippen LogP contribution in [0, 0.1) is 23.5 Å². The third-order valence-electron chi connectivity index (χ3n) is 5.52. The number of fused-ring (bicyclic) bond motifs is 2. The van der Waals surface area contributed by atoms with Crippen LogP contribution in [0.25, 0.3) is 10.9 Å². The Morgan fingerprint density at radius 2 is 2.16 bits per heavy atom. The van der Waals surface area contributed by atoms with E-state index in [1.165, 1.54) is 0 Å². The van der Waals surface area contributed by atoms with Crippen molar-refractivity contribution in [3.8, 4) is 0 Å². The van der Waals surface area contributed by atoms with E-state index in [9.17, 15) is 18.4 Å². The van der Waals surface area contributed by atoms with Crippen molar-refractivity contribution in [3.05, 3.63) is 39.7 Å². The molecule has 0 radical (unpaired) electrons. The normalized spacial score (nSPS) is 25.6. The van der Waals surface area contributed by atoms with Crippen molar-refractivity contribution in [1.82, 2.24) is 4.98 Å². The van der Waals surface area contributed by atoms with Crippen molar-refractivity contribution < 1.29 is 18.7 Å². The van der Waals surface area contributed by atoms with Crippen LogP contribution in [0.5, 0.6) is 0 Å². The highest BCUT2D eigenvalue weighted by atomic mass is 19.1. The molecule has 1 aromatic carbocycles. The summed E-state index contributed by atoms with van der Waals surface area (Å²) in [6.45, 7) is 0.993. The highest BCUT2D eigenvalue weighted by Crippen LogP contribution is 2.42. The number of hydrogen-bond donors (Lipinski definition) is 3. The second-order valence-electron chi connectivity index (χ2n) is 6.84. The molecule has 132 valence electrons. The monoisotopic (exact) mass is 349 g/mol. The summed E-state index contributed by atoms with van der Waals surface area (Å²) < 4.78 is 29.5. The van der Waals surface area contributed by atoms with E-state index in [4.69, 9.17) is 10.8 Å². The molecule has 1 aromatic heterocycles. The van der Waals surface area contributed by atoms with E-state index in [0.29, 0.717) is 19.0 Å². The highest BCUT2D eigenvalue weighted by molar-refractivity contribution is 5.93. The van der Waals surface area contributed by atoms with Gasteiger partial charge in [-0.05, 0) is 30.7 Å². The minimum absolute atomic E-state index is 0.0531.